The van der Waals surface area contributed by atoms with E-state index in [4.69, 9.17) is 14.2 Å². The zero-order valence-electron chi connectivity index (χ0n) is 51.5. The summed E-state index contributed by atoms with van der Waals surface area (Å²) in [4.78, 5) is 38.3. The monoisotopic (exact) mass is 1110 g/mol. The fourth-order valence-corrected chi connectivity index (χ4v) is 7.96. The third kappa shape index (κ3) is 64.9. The van der Waals surface area contributed by atoms with Crippen LogP contribution in [0, 0.1) is 0 Å². The van der Waals surface area contributed by atoms with Gasteiger partial charge in [0.25, 0.3) is 0 Å². The third-order valence-electron chi connectivity index (χ3n) is 12.6. The van der Waals surface area contributed by atoms with Crippen LogP contribution in [0.4, 0.5) is 0 Å². The number of hydrogen-bond acceptors (Lipinski definition) is 6. The van der Waals surface area contributed by atoms with Gasteiger partial charge >= 0.3 is 17.9 Å². The number of esters is 3. The molecule has 0 bridgehead atoms. The normalized spacial score (nSPS) is 13.5. The standard InChI is InChI=1S/C75H114O6/c1-4-7-10-13-16-19-22-25-28-30-32-34-36-37-39-40-42-44-47-50-53-56-59-62-65-68-74(77)80-71-72(70-79-73(76)67-64-61-58-55-52-49-46-27-24-21-18-15-12-9-6-3)81-75(78)69-66-63-60-57-54-51-48-45-43-41-38-35-33-31-29-26-23-20-17-14-11-8-5-2/h7-12,16-21,25-29,32-35,37,39,42,44,46,50,52-53,55,61,64,72H,4-6,13-15,22-24,30-31,36,38,40-41,43,45,47-49,51,54,56-60,62-63,65-71H2,1-3H3/b10-7-,11-8-,12-9-,19-16-,20-17-,21-18-,28-25-,29-26-,34-32-,35-33-,39-37-,44-42-,46-27-,53-50-,55-52-,64-61-. The van der Waals surface area contributed by atoms with Gasteiger partial charge in [-0.15, -0.1) is 0 Å². The highest BCUT2D eigenvalue weighted by Gasteiger charge is 2.19. The number of carbonyl (C=O) groups is 3. The van der Waals surface area contributed by atoms with Crippen LogP contribution in [0.2, 0.25) is 0 Å². The van der Waals surface area contributed by atoms with E-state index < -0.39 is 12.1 Å². The number of unbranched alkanes of at least 4 members (excludes halogenated alkanes) is 13. The molecular weight excluding hydrogens is 997 g/mol. The molecule has 81 heavy (non-hydrogen) atoms. The van der Waals surface area contributed by atoms with Crippen molar-refractivity contribution >= 4 is 17.9 Å². The Morgan fingerprint density at radius 1 is 0.259 bits per heavy atom. The quantitative estimate of drug-likeness (QED) is 0.0261. The maximum Gasteiger partial charge on any atom is 0.309 e. The van der Waals surface area contributed by atoms with Crippen LogP contribution >= 0.6 is 0 Å². The lowest BCUT2D eigenvalue weighted by atomic mass is 10.0. The Kier molecular flexibility index (Phi) is 62.0. The van der Waals surface area contributed by atoms with Crippen LogP contribution in [0.5, 0.6) is 0 Å². The topological polar surface area (TPSA) is 78.9 Å². The van der Waals surface area contributed by atoms with Gasteiger partial charge < -0.3 is 14.2 Å². The minimum atomic E-state index is -0.848. The Bertz CT molecular complexity index is 1950. The summed E-state index contributed by atoms with van der Waals surface area (Å²) in [6.07, 6.45) is 102. The molecule has 0 fully saturated rings. The zero-order chi connectivity index (χ0) is 58.5. The molecule has 0 N–H and O–H groups in total. The molecule has 0 radical (unpaired) electrons. The first kappa shape index (κ1) is 75.2. The molecule has 0 heterocycles. The van der Waals surface area contributed by atoms with Gasteiger partial charge in [0, 0.05) is 12.8 Å². The number of rotatable bonds is 55. The second kappa shape index (κ2) is 66.8. The summed E-state index contributed by atoms with van der Waals surface area (Å²) in [6, 6.07) is 0. The second-order valence-electron chi connectivity index (χ2n) is 20.2. The second-order valence-corrected chi connectivity index (χ2v) is 20.2. The van der Waals surface area contributed by atoms with Crippen LogP contribution in [0.3, 0.4) is 0 Å². The van der Waals surface area contributed by atoms with Gasteiger partial charge in [-0.2, -0.15) is 0 Å². The lowest BCUT2D eigenvalue weighted by Crippen LogP contribution is -2.30. The van der Waals surface area contributed by atoms with Crippen molar-refractivity contribution < 1.29 is 28.6 Å². The maximum atomic E-state index is 12.9. The average molecular weight is 1110 g/mol. The number of ether oxygens (including phenoxy) is 3. The maximum absolute atomic E-state index is 12.9. The van der Waals surface area contributed by atoms with Crippen LogP contribution in [0.15, 0.2) is 194 Å². The molecule has 1 atom stereocenters. The van der Waals surface area contributed by atoms with Gasteiger partial charge in [0.2, 0.25) is 0 Å². The highest BCUT2D eigenvalue weighted by atomic mass is 16.6. The van der Waals surface area contributed by atoms with Gasteiger partial charge in [0.05, 0.1) is 6.42 Å². The summed E-state index contributed by atoms with van der Waals surface area (Å²) in [5, 5.41) is 0. The summed E-state index contributed by atoms with van der Waals surface area (Å²) in [7, 11) is 0. The minimum absolute atomic E-state index is 0.109. The van der Waals surface area contributed by atoms with Gasteiger partial charge in [-0.1, -0.05) is 273 Å². The molecule has 0 amide bonds. The summed E-state index contributed by atoms with van der Waals surface area (Å²) < 4.78 is 16.8. The van der Waals surface area contributed by atoms with E-state index in [9.17, 15) is 14.4 Å². The third-order valence-corrected chi connectivity index (χ3v) is 12.6. The van der Waals surface area contributed by atoms with Crippen LogP contribution in [0.1, 0.15) is 239 Å². The minimum Gasteiger partial charge on any atom is -0.462 e. The molecule has 0 rings (SSSR count). The van der Waals surface area contributed by atoms with E-state index in [2.05, 4.69) is 203 Å². The molecule has 0 aromatic heterocycles. The predicted molar refractivity (Wildman–Crippen MR) is 352 cm³/mol. The first-order valence-electron chi connectivity index (χ1n) is 31.9. The average Bonchev–Trinajstić information content (AvgIpc) is 3.47. The van der Waals surface area contributed by atoms with Crippen molar-refractivity contribution in [3.63, 3.8) is 0 Å². The van der Waals surface area contributed by atoms with E-state index in [0.717, 1.165) is 154 Å². The molecule has 0 aliphatic carbocycles. The zero-order valence-corrected chi connectivity index (χ0v) is 51.5. The van der Waals surface area contributed by atoms with Crippen molar-refractivity contribution in [1.82, 2.24) is 0 Å². The Hall–Kier alpha value is -5.75. The van der Waals surface area contributed by atoms with E-state index >= 15 is 0 Å². The molecule has 6 nitrogen and oxygen atoms in total. The predicted octanol–water partition coefficient (Wildman–Crippen LogP) is 22.2. The molecule has 0 saturated heterocycles. The van der Waals surface area contributed by atoms with Gasteiger partial charge in [-0.3, -0.25) is 14.4 Å². The largest absolute Gasteiger partial charge is 0.462 e. The Labute approximate surface area is 497 Å². The Morgan fingerprint density at radius 2 is 0.494 bits per heavy atom. The molecule has 0 saturated carbocycles. The van der Waals surface area contributed by atoms with Crippen LogP contribution < -0.4 is 0 Å². The van der Waals surface area contributed by atoms with Crippen LogP contribution in [-0.2, 0) is 28.6 Å². The van der Waals surface area contributed by atoms with Crippen LogP contribution in [0.25, 0.3) is 0 Å². The lowest BCUT2D eigenvalue weighted by Gasteiger charge is -2.18. The molecule has 6 heteroatoms. The van der Waals surface area contributed by atoms with Gasteiger partial charge in [-0.25, -0.2) is 0 Å². The van der Waals surface area contributed by atoms with Crippen molar-refractivity contribution in [3.8, 4) is 0 Å². The van der Waals surface area contributed by atoms with Crippen molar-refractivity contribution in [2.75, 3.05) is 13.2 Å². The first-order chi connectivity index (χ1) is 40.0. The van der Waals surface area contributed by atoms with Crippen molar-refractivity contribution in [3.05, 3.63) is 194 Å². The number of allylic oxidation sites excluding steroid dienone is 31. The molecule has 0 spiro atoms. The summed E-state index contributed by atoms with van der Waals surface area (Å²) in [5.74, 6) is -1.11. The molecule has 0 aromatic carbocycles. The molecule has 0 aromatic rings. The van der Waals surface area contributed by atoms with E-state index in [1.54, 1.807) is 6.08 Å². The SMILES string of the molecule is CC/C=C\C/C=C\C/C=C\C/C=C\C/C=C\C/C=C\C/C=C\CCCCCC(=O)OCC(COC(=O)C/C=C\C/C=C\C/C=C\C/C=C\C/C=C\CC)OC(=O)CCCCCCCCCCCC/C=C\C/C=C\C/C=C\C/C=C\CC. The molecule has 0 aliphatic heterocycles. The lowest BCUT2D eigenvalue weighted by molar-refractivity contribution is -0.166. The van der Waals surface area contributed by atoms with Gasteiger partial charge in [0.1, 0.15) is 13.2 Å². The number of hydrogen-bond donors (Lipinski definition) is 0. The highest BCUT2D eigenvalue weighted by Crippen LogP contribution is 2.14. The van der Waals surface area contributed by atoms with Crippen molar-refractivity contribution in [2.45, 2.75) is 245 Å². The van der Waals surface area contributed by atoms with E-state index in [1.165, 1.54) is 44.9 Å². The fraction of sp³-hybridized carbons (Fsp3) is 0.533. The van der Waals surface area contributed by atoms with E-state index in [0.29, 0.717) is 6.42 Å². The first-order valence-corrected chi connectivity index (χ1v) is 31.9. The number of carbonyl (C=O) groups excluding carboxylic acids is 3. The van der Waals surface area contributed by atoms with Crippen LogP contribution in [-0.4, -0.2) is 37.2 Å². The van der Waals surface area contributed by atoms with E-state index in [-0.39, 0.29) is 38.0 Å². The molecule has 1 unspecified atom stereocenters. The Balaban J connectivity index is 4.55. The Morgan fingerprint density at radius 3 is 0.815 bits per heavy atom. The van der Waals surface area contributed by atoms with Crippen molar-refractivity contribution in [1.29, 1.82) is 0 Å². The molecule has 450 valence electrons. The summed E-state index contributed by atoms with van der Waals surface area (Å²) in [6.45, 7) is 6.17. The van der Waals surface area contributed by atoms with E-state index in [1.807, 2.05) is 6.08 Å². The smallest absolute Gasteiger partial charge is 0.309 e. The van der Waals surface area contributed by atoms with Crippen molar-refractivity contribution in [2.24, 2.45) is 0 Å². The van der Waals surface area contributed by atoms with Gasteiger partial charge in [0.15, 0.2) is 6.10 Å². The summed E-state index contributed by atoms with van der Waals surface area (Å²) in [5.41, 5.74) is 0. The van der Waals surface area contributed by atoms with Gasteiger partial charge in [-0.05, 0) is 141 Å². The molecule has 0 aliphatic rings. The fourth-order valence-electron chi connectivity index (χ4n) is 7.96. The summed E-state index contributed by atoms with van der Waals surface area (Å²) >= 11 is 0. The molecular formula is C75H114O6. The highest BCUT2D eigenvalue weighted by molar-refractivity contribution is 5.72.